The van der Waals surface area contributed by atoms with Crippen LogP contribution in [0.5, 0.6) is 5.75 Å². The first kappa shape index (κ1) is 13.5. The predicted octanol–water partition coefficient (Wildman–Crippen LogP) is 4.27. The van der Waals surface area contributed by atoms with Crippen molar-refractivity contribution in [3.8, 4) is 5.75 Å². The Morgan fingerprint density at radius 2 is 1.88 bits per heavy atom. The van der Waals surface area contributed by atoms with Crippen LogP contribution in [0.1, 0.15) is 32.8 Å². The van der Waals surface area contributed by atoms with Gasteiger partial charge in [-0.3, -0.25) is 0 Å². The normalized spacial score (nSPS) is 12.7. The van der Waals surface area contributed by atoms with E-state index in [0.717, 1.165) is 17.9 Å². The van der Waals surface area contributed by atoms with Gasteiger partial charge in [-0.2, -0.15) is 0 Å². The van der Waals surface area contributed by atoms with Gasteiger partial charge in [0.05, 0.1) is 35.7 Å². The highest BCUT2D eigenvalue weighted by Gasteiger charge is 2.24. The van der Waals surface area contributed by atoms with Crippen molar-refractivity contribution in [3.05, 3.63) is 29.8 Å². The molecule has 0 unspecified atom stereocenters. The van der Waals surface area contributed by atoms with Crippen LogP contribution in [0.15, 0.2) is 27.5 Å². The second kappa shape index (κ2) is 5.66. The Labute approximate surface area is 112 Å². The van der Waals surface area contributed by atoms with Crippen LogP contribution in [0.25, 0.3) is 0 Å². The number of ether oxygens (including phenoxy) is 1. The molecule has 0 saturated carbocycles. The molecule has 0 saturated heterocycles. The zero-order valence-corrected chi connectivity index (χ0v) is 12.4. The Hall–Kier alpha value is -0.580. The summed E-state index contributed by atoms with van der Waals surface area (Å²) in [6, 6.07) is 8.08. The minimum Gasteiger partial charge on any atom is -0.497 e. The lowest BCUT2D eigenvalue weighted by atomic mass is 9.81. The third-order valence-electron chi connectivity index (χ3n) is 2.97. The topological polar surface area (TPSA) is 21.6 Å². The molecule has 0 amide bonds. The lowest BCUT2D eigenvalue weighted by Gasteiger charge is -2.24. The van der Waals surface area contributed by atoms with Gasteiger partial charge in [0.1, 0.15) is 5.75 Å². The van der Waals surface area contributed by atoms with E-state index in [-0.39, 0.29) is 5.41 Å². The summed E-state index contributed by atoms with van der Waals surface area (Å²) >= 11 is 2.08. The van der Waals surface area contributed by atoms with Crippen molar-refractivity contribution in [1.82, 2.24) is 0 Å². The molecule has 0 heterocycles. The summed E-state index contributed by atoms with van der Waals surface area (Å²) < 4.78 is 9.55. The number of halogens is 1. The first-order valence-corrected chi connectivity index (χ1v) is 6.35. The molecule has 1 aromatic rings. The first-order valence-electron chi connectivity index (χ1n) is 5.39. The Morgan fingerprint density at radius 3 is 2.25 bits per heavy atom. The Balaban J connectivity index is 3.06. The molecule has 16 heavy (non-hydrogen) atoms. The van der Waals surface area contributed by atoms with Gasteiger partial charge in [-0.25, -0.2) is 3.21 Å². The molecule has 0 atom stereocenters. The molecule has 0 aliphatic carbocycles. The van der Waals surface area contributed by atoms with E-state index in [9.17, 15) is 0 Å². The lowest BCUT2D eigenvalue weighted by Crippen LogP contribution is -2.23. The largest absolute Gasteiger partial charge is 0.497 e. The second-order valence-electron chi connectivity index (χ2n) is 4.40. The molecule has 88 valence electrons. The van der Waals surface area contributed by atoms with Gasteiger partial charge in [0.25, 0.3) is 0 Å². The first-order chi connectivity index (χ1) is 7.55. The van der Waals surface area contributed by atoms with Crippen molar-refractivity contribution in [2.45, 2.75) is 27.2 Å². The van der Waals surface area contributed by atoms with Crippen molar-refractivity contribution in [1.29, 1.82) is 0 Å². The van der Waals surface area contributed by atoms with E-state index in [4.69, 9.17) is 4.74 Å². The van der Waals surface area contributed by atoms with E-state index < -0.39 is 0 Å². The predicted molar refractivity (Wildman–Crippen MR) is 77.6 cm³/mol. The minimum atomic E-state index is 0.107. The fraction of sp³-hybridized carbons (Fsp3) is 0.462. The van der Waals surface area contributed by atoms with Crippen LogP contribution in [0.4, 0.5) is 0 Å². The maximum absolute atomic E-state index is 5.15. The van der Waals surface area contributed by atoms with Gasteiger partial charge < -0.3 is 4.74 Å². The molecule has 0 bridgehead atoms. The summed E-state index contributed by atoms with van der Waals surface area (Å²) in [6.45, 7) is 6.62. The molecular weight excluding hydrogens is 313 g/mol. The number of benzene rings is 1. The van der Waals surface area contributed by atoms with Crippen LogP contribution < -0.4 is 4.74 Å². The number of hydrogen-bond acceptors (Lipinski definition) is 2. The standard InChI is InChI=1S/C13H18INO/c1-5-13(2,3)12(15-14)10-6-8-11(16-4)9-7-10/h6-9H,5H2,1-4H3/b15-12+. The molecule has 0 aliphatic rings. The van der Waals surface area contributed by atoms with E-state index in [0.29, 0.717) is 0 Å². The SMILES string of the molecule is CCC(C)(C)/C(=N/I)c1ccc(OC)cc1. The maximum Gasteiger partial charge on any atom is 0.118 e. The third kappa shape index (κ3) is 2.97. The molecule has 3 heteroatoms. The zero-order valence-electron chi connectivity index (χ0n) is 10.2. The van der Waals surface area contributed by atoms with Crippen molar-refractivity contribution < 1.29 is 4.74 Å². The average Bonchev–Trinajstić information content (AvgIpc) is 2.30. The molecular formula is C13H18INO. The molecule has 1 aromatic carbocycles. The molecule has 2 nitrogen and oxygen atoms in total. The van der Waals surface area contributed by atoms with Gasteiger partial charge in [0, 0.05) is 5.41 Å². The molecule has 0 N–H and O–H groups in total. The van der Waals surface area contributed by atoms with Gasteiger partial charge in [-0.05, 0) is 36.2 Å². The summed E-state index contributed by atoms with van der Waals surface area (Å²) in [5.41, 5.74) is 2.41. The van der Waals surface area contributed by atoms with Gasteiger partial charge in [0.2, 0.25) is 0 Å². The fourth-order valence-corrected chi connectivity index (χ4v) is 2.40. The van der Waals surface area contributed by atoms with Crippen molar-refractivity contribution in [3.63, 3.8) is 0 Å². The van der Waals surface area contributed by atoms with E-state index in [1.54, 1.807) is 7.11 Å². The Bertz CT molecular complexity index is 368. The molecule has 0 aromatic heterocycles. The fourth-order valence-electron chi connectivity index (χ4n) is 1.47. The molecule has 0 fully saturated rings. The number of methoxy groups -OCH3 is 1. The van der Waals surface area contributed by atoms with Crippen LogP contribution in [0.2, 0.25) is 0 Å². The van der Waals surface area contributed by atoms with Gasteiger partial charge in [0.15, 0.2) is 0 Å². The average molecular weight is 331 g/mol. The van der Waals surface area contributed by atoms with Crippen LogP contribution in [-0.4, -0.2) is 12.8 Å². The Morgan fingerprint density at radius 1 is 1.31 bits per heavy atom. The summed E-state index contributed by atoms with van der Waals surface area (Å²) in [5, 5.41) is 0. The van der Waals surface area contributed by atoms with Gasteiger partial charge >= 0.3 is 0 Å². The quantitative estimate of drug-likeness (QED) is 0.596. The monoisotopic (exact) mass is 331 g/mol. The summed E-state index contributed by atoms with van der Waals surface area (Å²) in [6.07, 6.45) is 1.07. The number of hydrogen-bond donors (Lipinski definition) is 0. The summed E-state index contributed by atoms with van der Waals surface area (Å²) in [4.78, 5) is 0. The van der Waals surface area contributed by atoms with E-state index in [1.807, 2.05) is 12.1 Å². The van der Waals surface area contributed by atoms with E-state index in [2.05, 4.69) is 59.0 Å². The minimum absolute atomic E-state index is 0.107. The molecule has 1 rings (SSSR count). The van der Waals surface area contributed by atoms with Crippen LogP contribution >= 0.6 is 22.9 Å². The molecule has 0 radical (unpaired) electrons. The number of rotatable bonds is 4. The molecule has 0 aliphatic heterocycles. The third-order valence-corrected chi connectivity index (χ3v) is 3.46. The summed E-state index contributed by atoms with van der Waals surface area (Å²) in [5.74, 6) is 0.880. The van der Waals surface area contributed by atoms with Gasteiger partial charge in [-0.1, -0.05) is 20.8 Å². The van der Waals surface area contributed by atoms with Crippen LogP contribution in [-0.2, 0) is 0 Å². The van der Waals surface area contributed by atoms with Crippen LogP contribution in [0.3, 0.4) is 0 Å². The lowest BCUT2D eigenvalue weighted by molar-refractivity contribution is 0.414. The van der Waals surface area contributed by atoms with Crippen molar-refractivity contribution >= 4 is 28.6 Å². The molecule has 0 spiro atoms. The van der Waals surface area contributed by atoms with Crippen LogP contribution in [0, 0.1) is 5.41 Å². The van der Waals surface area contributed by atoms with Crippen molar-refractivity contribution in [2.24, 2.45) is 8.62 Å². The maximum atomic E-state index is 5.15. The zero-order chi connectivity index (χ0) is 12.2. The highest BCUT2D eigenvalue weighted by molar-refractivity contribution is 14.1. The smallest absolute Gasteiger partial charge is 0.118 e. The van der Waals surface area contributed by atoms with E-state index in [1.165, 1.54) is 5.56 Å². The second-order valence-corrected chi connectivity index (χ2v) is 4.88. The van der Waals surface area contributed by atoms with Crippen molar-refractivity contribution in [2.75, 3.05) is 7.11 Å². The Kier molecular flexibility index (Phi) is 4.77. The highest BCUT2D eigenvalue weighted by Crippen LogP contribution is 2.28. The number of nitrogens with zero attached hydrogens (tertiary/aromatic N) is 1. The summed E-state index contributed by atoms with van der Waals surface area (Å²) in [7, 11) is 1.68. The highest BCUT2D eigenvalue weighted by atomic mass is 127. The van der Waals surface area contributed by atoms with Gasteiger partial charge in [-0.15, -0.1) is 0 Å². The van der Waals surface area contributed by atoms with E-state index >= 15 is 0 Å².